The van der Waals surface area contributed by atoms with E-state index in [4.69, 9.17) is 10.5 Å². The molecule has 0 amide bonds. The molecule has 2 aliphatic carbocycles. The second-order valence-corrected chi connectivity index (χ2v) is 4.43. The van der Waals surface area contributed by atoms with E-state index in [0.717, 1.165) is 24.0 Å². The number of rotatable bonds is 0. The van der Waals surface area contributed by atoms with Crippen molar-refractivity contribution in [1.29, 1.82) is 10.5 Å². The Hall–Kier alpha value is -1.61. The van der Waals surface area contributed by atoms with E-state index < -0.39 is 5.41 Å². The molecule has 1 fully saturated rings. The lowest BCUT2D eigenvalue weighted by Gasteiger charge is -2.27. The number of carbonyl (C=O) groups is 1. The van der Waals surface area contributed by atoms with E-state index in [-0.39, 0.29) is 11.7 Å². The maximum Gasteiger partial charge on any atom is 0.159 e. The maximum atomic E-state index is 11.7. The minimum atomic E-state index is -0.963. The number of nitriles is 2. The van der Waals surface area contributed by atoms with Gasteiger partial charge in [0.25, 0.3) is 0 Å². The van der Waals surface area contributed by atoms with Gasteiger partial charge in [-0.05, 0) is 25.3 Å². The van der Waals surface area contributed by atoms with Gasteiger partial charge < -0.3 is 0 Å². The third-order valence-corrected chi connectivity index (χ3v) is 3.54. The third-order valence-electron chi connectivity index (χ3n) is 3.54. The van der Waals surface area contributed by atoms with Gasteiger partial charge in [0.05, 0.1) is 12.1 Å². The quantitative estimate of drug-likeness (QED) is 0.601. The van der Waals surface area contributed by atoms with Crippen LogP contribution in [0.15, 0.2) is 11.1 Å². The highest BCUT2D eigenvalue weighted by Crippen LogP contribution is 2.51. The summed E-state index contributed by atoms with van der Waals surface area (Å²) in [7, 11) is 0. The number of ketones is 1. The summed E-state index contributed by atoms with van der Waals surface area (Å²) in [5.41, 5.74) is 0.771. The van der Waals surface area contributed by atoms with E-state index in [0.29, 0.717) is 12.8 Å². The van der Waals surface area contributed by atoms with Crippen LogP contribution >= 0.6 is 0 Å². The fraction of sp³-hybridized carbons (Fsp3) is 0.583. The van der Waals surface area contributed by atoms with Crippen molar-refractivity contribution in [2.45, 2.75) is 32.6 Å². The average molecular weight is 200 g/mol. The number of allylic oxidation sites excluding steroid dienone is 2. The van der Waals surface area contributed by atoms with Gasteiger partial charge in [-0.15, -0.1) is 0 Å². The zero-order valence-electron chi connectivity index (χ0n) is 8.71. The second kappa shape index (κ2) is 3.21. The van der Waals surface area contributed by atoms with Gasteiger partial charge in [-0.1, -0.05) is 5.57 Å². The molecule has 0 aliphatic heterocycles. The van der Waals surface area contributed by atoms with Crippen LogP contribution in [0.25, 0.3) is 0 Å². The summed E-state index contributed by atoms with van der Waals surface area (Å²) in [6.07, 6.45) is 2.65. The van der Waals surface area contributed by atoms with Crippen LogP contribution in [0.5, 0.6) is 0 Å². The highest BCUT2D eigenvalue weighted by Gasteiger charge is 2.50. The van der Waals surface area contributed by atoms with Gasteiger partial charge in [-0.2, -0.15) is 10.5 Å². The molecule has 0 N–H and O–H groups in total. The van der Waals surface area contributed by atoms with Gasteiger partial charge >= 0.3 is 0 Å². The Kier molecular flexibility index (Phi) is 2.12. The first-order valence-electron chi connectivity index (χ1n) is 5.20. The van der Waals surface area contributed by atoms with Crippen molar-refractivity contribution < 1.29 is 4.79 Å². The van der Waals surface area contributed by atoms with Crippen LogP contribution in [0, 0.1) is 34.0 Å². The van der Waals surface area contributed by atoms with Crippen LogP contribution in [0.2, 0.25) is 0 Å². The number of Topliss-reactive ketones (excluding diaryl/α,β-unsaturated/α-hetero) is 1. The lowest BCUT2D eigenvalue weighted by molar-refractivity contribution is -0.117. The molecular weight excluding hydrogens is 188 g/mol. The van der Waals surface area contributed by atoms with E-state index >= 15 is 0 Å². The molecule has 1 atom stereocenters. The Morgan fingerprint density at radius 3 is 2.67 bits per heavy atom. The van der Waals surface area contributed by atoms with Crippen LogP contribution in [0.1, 0.15) is 32.6 Å². The predicted molar refractivity (Wildman–Crippen MR) is 53.3 cm³/mol. The Labute approximate surface area is 89.0 Å². The summed E-state index contributed by atoms with van der Waals surface area (Å²) in [6.45, 7) is 1.88. The normalized spacial score (nSPS) is 28.2. The predicted octanol–water partition coefficient (Wildman–Crippen LogP) is 2.11. The molecule has 76 valence electrons. The Morgan fingerprint density at radius 2 is 2.07 bits per heavy atom. The molecule has 3 nitrogen and oxygen atoms in total. The first kappa shape index (κ1) is 9.93. The molecule has 0 aromatic rings. The molecule has 3 heteroatoms. The van der Waals surface area contributed by atoms with Crippen molar-refractivity contribution in [3.63, 3.8) is 0 Å². The molecule has 0 bridgehead atoms. The van der Waals surface area contributed by atoms with Gasteiger partial charge in [0.1, 0.15) is 0 Å². The molecule has 1 saturated carbocycles. The summed E-state index contributed by atoms with van der Waals surface area (Å²) in [5.74, 6) is 0.0184. The number of carbonyl (C=O) groups excluding carboxylic acids is 1. The minimum Gasteiger partial charge on any atom is -0.295 e. The molecular formula is C12H12N2O. The molecule has 0 heterocycles. The Balaban J connectivity index is 2.48. The molecule has 0 spiro atoms. The SMILES string of the molecule is CC1=C2C(=O)CCC[C@H]2C(C#N)(C#N)C1. The second-order valence-electron chi connectivity index (χ2n) is 4.43. The zero-order chi connectivity index (χ0) is 11.1. The van der Waals surface area contributed by atoms with Gasteiger partial charge in [0.2, 0.25) is 0 Å². The Morgan fingerprint density at radius 1 is 1.40 bits per heavy atom. The molecule has 0 aromatic carbocycles. The highest BCUT2D eigenvalue weighted by molar-refractivity contribution is 5.98. The number of fused-ring (bicyclic) bond motifs is 1. The fourth-order valence-electron chi connectivity index (χ4n) is 2.86. The summed E-state index contributed by atoms with van der Waals surface area (Å²) in [5, 5.41) is 18.3. The van der Waals surface area contributed by atoms with Crippen molar-refractivity contribution in [2.24, 2.45) is 11.3 Å². The summed E-state index contributed by atoms with van der Waals surface area (Å²) >= 11 is 0. The van der Waals surface area contributed by atoms with Crippen LogP contribution in [0.3, 0.4) is 0 Å². The molecule has 0 saturated heterocycles. The third kappa shape index (κ3) is 1.20. The van der Waals surface area contributed by atoms with Crippen molar-refractivity contribution in [3.8, 4) is 12.1 Å². The molecule has 2 rings (SSSR count). The van der Waals surface area contributed by atoms with Gasteiger partial charge in [-0.25, -0.2) is 0 Å². The molecule has 2 aliphatic rings. The van der Waals surface area contributed by atoms with E-state index in [2.05, 4.69) is 12.1 Å². The van der Waals surface area contributed by atoms with E-state index in [1.807, 2.05) is 6.92 Å². The smallest absolute Gasteiger partial charge is 0.159 e. The van der Waals surface area contributed by atoms with Crippen molar-refractivity contribution in [1.82, 2.24) is 0 Å². The standard InChI is InChI=1S/C12H12N2O/c1-8-5-12(6-13,7-14)9-3-2-4-10(15)11(8)9/h9H,2-5H2,1H3/t9-/m1/s1. The van der Waals surface area contributed by atoms with E-state index in [9.17, 15) is 4.79 Å². The lowest BCUT2D eigenvalue weighted by Crippen LogP contribution is -2.29. The monoisotopic (exact) mass is 200 g/mol. The topological polar surface area (TPSA) is 64.7 Å². The van der Waals surface area contributed by atoms with Crippen molar-refractivity contribution in [2.75, 3.05) is 0 Å². The fourth-order valence-corrected chi connectivity index (χ4v) is 2.86. The summed E-state index contributed by atoms with van der Waals surface area (Å²) < 4.78 is 0. The van der Waals surface area contributed by atoms with Crippen LogP contribution in [0.4, 0.5) is 0 Å². The van der Waals surface area contributed by atoms with Crippen molar-refractivity contribution >= 4 is 5.78 Å². The van der Waals surface area contributed by atoms with Crippen LogP contribution < -0.4 is 0 Å². The van der Waals surface area contributed by atoms with E-state index in [1.165, 1.54) is 0 Å². The average Bonchev–Trinajstić information content (AvgIpc) is 2.54. The summed E-state index contributed by atoms with van der Waals surface area (Å²) in [6, 6.07) is 4.24. The van der Waals surface area contributed by atoms with Gasteiger partial charge in [0, 0.05) is 18.8 Å². The van der Waals surface area contributed by atoms with E-state index in [1.54, 1.807) is 0 Å². The first-order chi connectivity index (χ1) is 7.14. The largest absolute Gasteiger partial charge is 0.295 e. The highest BCUT2D eigenvalue weighted by atomic mass is 16.1. The van der Waals surface area contributed by atoms with Crippen LogP contribution in [-0.2, 0) is 4.79 Å². The zero-order valence-corrected chi connectivity index (χ0v) is 8.71. The number of hydrogen-bond donors (Lipinski definition) is 0. The minimum absolute atomic E-state index is 0.131. The van der Waals surface area contributed by atoms with Gasteiger partial charge in [-0.3, -0.25) is 4.79 Å². The summed E-state index contributed by atoms with van der Waals surface area (Å²) in [4.78, 5) is 11.7. The Bertz CT molecular complexity index is 420. The first-order valence-corrected chi connectivity index (χ1v) is 5.20. The molecule has 0 aromatic heterocycles. The van der Waals surface area contributed by atoms with Gasteiger partial charge in [0.15, 0.2) is 11.2 Å². The number of nitrogens with zero attached hydrogens (tertiary/aromatic N) is 2. The van der Waals surface area contributed by atoms with Crippen molar-refractivity contribution in [3.05, 3.63) is 11.1 Å². The number of hydrogen-bond acceptors (Lipinski definition) is 3. The maximum absolute atomic E-state index is 11.7. The van der Waals surface area contributed by atoms with Crippen LogP contribution in [-0.4, -0.2) is 5.78 Å². The molecule has 0 radical (unpaired) electrons. The lowest BCUT2D eigenvalue weighted by atomic mass is 9.71. The molecule has 0 unspecified atom stereocenters. The molecule has 15 heavy (non-hydrogen) atoms.